The summed E-state index contributed by atoms with van der Waals surface area (Å²) in [6, 6.07) is 3.81. The van der Waals surface area contributed by atoms with Crippen molar-refractivity contribution in [3.63, 3.8) is 0 Å². The van der Waals surface area contributed by atoms with Gasteiger partial charge in [0.15, 0.2) is 0 Å². The molecular formula is C6H9BrN2. The van der Waals surface area contributed by atoms with Crippen molar-refractivity contribution < 1.29 is 0 Å². The molecule has 0 fully saturated rings. The van der Waals surface area contributed by atoms with Gasteiger partial charge in [0.25, 0.3) is 0 Å². The number of nitrogens with two attached hydrogens (primary N) is 1. The molecule has 1 rings (SSSR count). The highest BCUT2D eigenvalue weighted by Crippen LogP contribution is 1.91. The van der Waals surface area contributed by atoms with Crippen LogP contribution >= 0.6 is 17.0 Å². The molecule has 0 radical (unpaired) electrons. The lowest BCUT2D eigenvalue weighted by Gasteiger charge is -1.89. The molecular weight excluding hydrogens is 180 g/mol. The fourth-order valence-corrected chi connectivity index (χ4v) is 0.519. The van der Waals surface area contributed by atoms with E-state index >= 15 is 0 Å². The molecule has 0 bridgehead atoms. The number of halogens is 1. The van der Waals surface area contributed by atoms with Crippen molar-refractivity contribution in [1.82, 2.24) is 4.98 Å². The van der Waals surface area contributed by atoms with Crippen molar-refractivity contribution in [3.05, 3.63) is 30.1 Å². The molecule has 0 atom stereocenters. The molecule has 0 saturated carbocycles. The quantitative estimate of drug-likeness (QED) is 0.718. The standard InChI is InChI=1S/C6H8N2.BrH/c7-5-6-1-3-8-4-2-6;/h1-4H,5,7H2;1H. The third-order valence-corrected chi connectivity index (χ3v) is 0.985. The van der Waals surface area contributed by atoms with Gasteiger partial charge in [0, 0.05) is 18.9 Å². The van der Waals surface area contributed by atoms with Crippen LogP contribution in [-0.2, 0) is 6.54 Å². The van der Waals surface area contributed by atoms with Gasteiger partial charge in [-0.1, -0.05) is 0 Å². The van der Waals surface area contributed by atoms with Gasteiger partial charge in [-0.2, -0.15) is 0 Å². The van der Waals surface area contributed by atoms with E-state index in [1.807, 2.05) is 12.1 Å². The molecule has 0 aliphatic rings. The first kappa shape index (κ1) is 8.59. The molecule has 9 heavy (non-hydrogen) atoms. The summed E-state index contributed by atoms with van der Waals surface area (Å²) in [7, 11) is 0. The predicted octanol–water partition coefficient (Wildman–Crippen LogP) is 1.12. The lowest BCUT2D eigenvalue weighted by Crippen LogP contribution is -1.94. The Bertz CT molecular complexity index is 152. The maximum absolute atomic E-state index is 5.32. The Balaban J connectivity index is 0.000000640. The molecule has 0 unspecified atom stereocenters. The van der Waals surface area contributed by atoms with Gasteiger partial charge in [0.05, 0.1) is 0 Å². The van der Waals surface area contributed by atoms with Crippen LogP contribution in [0.5, 0.6) is 0 Å². The van der Waals surface area contributed by atoms with Gasteiger partial charge in [-0.15, -0.1) is 17.0 Å². The van der Waals surface area contributed by atoms with E-state index < -0.39 is 0 Å². The fraction of sp³-hybridized carbons (Fsp3) is 0.167. The Morgan fingerprint density at radius 2 is 1.89 bits per heavy atom. The first-order valence-electron chi connectivity index (χ1n) is 2.52. The van der Waals surface area contributed by atoms with Gasteiger partial charge >= 0.3 is 0 Å². The molecule has 0 aromatic carbocycles. The Labute approximate surface area is 64.9 Å². The lowest BCUT2D eigenvalue weighted by atomic mass is 10.3. The summed E-state index contributed by atoms with van der Waals surface area (Å²) in [6.45, 7) is 0.600. The van der Waals surface area contributed by atoms with Gasteiger partial charge < -0.3 is 5.73 Å². The number of nitrogens with zero attached hydrogens (tertiary/aromatic N) is 1. The van der Waals surface area contributed by atoms with Crippen LogP contribution in [0.2, 0.25) is 0 Å². The molecule has 0 amide bonds. The summed E-state index contributed by atoms with van der Waals surface area (Å²) in [5.41, 5.74) is 6.45. The first-order valence-corrected chi connectivity index (χ1v) is 2.52. The van der Waals surface area contributed by atoms with Crippen LogP contribution in [0.1, 0.15) is 5.56 Å². The largest absolute Gasteiger partial charge is 0.326 e. The molecule has 1 aromatic heterocycles. The first-order chi connectivity index (χ1) is 3.93. The molecule has 2 N–H and O–H groups in total. The number of hydrogen-bond donors (Lipinski definition) is 1. The second-order valence-electron chi connectivity index (χ2n) is 1.56. The van der Waals surface area contributed by atoms with Crippen LogP contribution in [-0.4, -0.2) is 4.98 Å². The molecule has 1 heterocycles. The number of hydrogen-bond acceptors (Lipinski definition) is 2. The maximum atomic E-state index is 5.32. The van der Waals surface area contributed by atoms with Gasteiger partial charge in [0.2, 0.25) is 0 Å². The fourth-order valence-electron chi connectivity index (χ4n) is 0.519. The highest BCUT2D eigenvalue weighted by Gasteiger charge is 1.80. The molecule has 3 heteroatoms. The Morgan fingerprint density at radius 3 is 2.22 bits per heavy atom. The van der Waals surface area contributed by atoms with E-state index in [2.05, 4.69) is 4.98 Å². The average molecular weight is 189 g/mol. The van der Waals surface area contributed by atoms with Gasteiger partial charge in [-0.3, -0.25) is 4.98 Å². The van der Waals surface area contributed by atoms with Crippen LogP contribution in [0, 0.1) is 0 Å². The van der Waals surface area contributed by atoms with E-state index in [0.717, 1.165) is 5.56 Å². The third-order valence-electron chi connectivity index (χ3n) is 0.985. The summed E-state index contributed by atoms with van der Waals surface area (Å²) in [4.78, 5) is 3.84. The number of pyridine rings is 1. The zero-order chi connectivity index (χ0) is 5.82. The van der Waals surface area contributed by atoms with E-state index in [-0.39, 0.29) is 17.0 Å². The van der Waals surface area contributed by atoms with Gasteiger partial charge in [-0.25, -0.2) is 0 Å². The predicted molar refractivity (Wildman–Crippen MR) is 42.5 cm³/mol. The molecule has 1 aromatic rings. The Hall–Kier alpha value is -0.410. The second kappa shape index (κ2) is 4.47. The molecule has 0 aliphatic carbocycles. The topological polar surface area (TPSA) is 38.9 Å². The second-order valence-corrected chi connectivity index (χ2v) is 1.56. The normalized spacial score (nSPS) is 8.11. The van der Waals surface area contributed by atoms with E-state index in [4.69, 9.17) is 5.73 Å². The Morgan fingerprint density at radius 1 is 1.33 bits per heavy atom. The van der Waals surface area contributed by atoms with E-state index in [1.54, 1.807) is 12.4 Å². The minimum absolute atomic E-state index is 0. The van der Waals surface area contributed by atoms with Crippen molar-refractivity contribution in [2.24, 2.45) is 5.73 Å². The SMILES string of the molecule is Br.NCc1ccncc1. The maximum Gasteiger partial charge on any atom is 0.0271 e. The zero-order valence-electron chi connectivity index (χ0n) is 4.95. The summed E-state index contributed by atoms with van der Waals surface area (Å²) < 4.78 is 0. The van der Waals surface area contributed by atoms with Crippen molar-refractivity contribution in [2.45, 2.75) is 6.54 Å². The van der Waals surface area contributed by atoms with E-state index in [0.29, 0.717) is 6.54 Å². The molecule has 0 aliphatic heterocycles. The van der Waals surface area contributed by atoms with Crippen molar-refractivity contribution in [3.8, 4) is 0 Å². The minimum atomic E-state index is 0. The molecule has 2 nitrogen and oxygen atoms in total. The van der Waals surface area contributed by atoms with Crippen LogP contribution in [0.15, 0.2) is 24.5 Å². The van der Waals surface area contributed by atoms with E-state index in [1.165, 1.54) is 0 Å². The average Bonchev–Trinajstić information content (AvgIpc) is 1.90. The Kier molecular flexibility index (Phi) is 4.26. The smallest absolute Gasteiger partial charge is 0.0271 e. The number of rotatable bonds is 1. The number of aromatic nitrogens is 1. The van der Waals surface area contributed by atoms with Crippen molar-refractivity contribution in [1.29, 1.82) is 0 Å². The van der Waals surface area contributed by atoms with Crippen molar-refractivity contribution in [2.75, 3.05) is 0 Å². The van der Waals surface area contributed by atoms with Crippen LogP contribution in [0.25, 0.3) is 0 Å². The molecule has 0 saturated heterocycles. The van der Waals surface area contributed by atoms with Crippen LogP contribution in [0.4, 0.5) is 0 Å². The third kappa shape index (κ3) is 2.58. The highest BCUT2D eigenvalue weighted by molar-refractivity contribution is 8.93. The summed E-state index contributed by atoms with van der Waals surface area (Å²) in [5.74, 6) is 0. The highest BCUT2D eigenvalue weighted by atomic mass is 79.9. The summed E-state index contributed by atoms with van der Waals surface area (Å²) in [5, 5.41) is 0. The molecule has 0 spiro atoms. The van der Waals surface area contributed by atoms with Gasteiger partial charge in [-0.05, 0) is 17.7 Å². The monoisotopic (exact) mass is 188 g/mol. The minimum Gasteiger partial charge on any atom is -0.326 e. The van der Waals surface area contributed by atoms with E-state index in [9.17, 15) is 0 Å². The lowest BCUT2D eigenvalue weighted by molar-refractivity contribution is 1.06. The summed E-state index contributed by atoms with van der Waals surface area (Å²) in [6.07, 6.45) is 3.48. The molecule has 50 valence electrons. The summed E-state index contributed by atoms with van der Waals surface area (Å²) >= 11 is 0. The van der Waals surface area contributed by atoms with Crippen molar-refractivity contribution >= 4 is 17.0 Å². The zero-order valence-corrected chi connectivity index (χ0v) is 6.66. The van der Waals surface area contributed by atoms with Crippen LogP contribution in [0.3, 0.4) is 0 Å². The van der Waals surface area contributed by atoms with Crippen LogP contribution < -0.4 is 5.73 Å². The van der Waals surface area contributed by atoms with Gasteiger partial charge in [0.1, 0.15) is 0 Å².